The van der Waals surface area contributed by atoms with E-state index >= 15 is 0 Å². The molecule has 122 valence electrons. The number of aromatic nitrogens is 2. The molecule has 0 aliphatic heterocycles. The van der Waals surface area contributed by atoms with Gasteiger partial charge in [0.1, 0.15) is 5.82 Å². The van der Waals surface area contributed by atoms with Crippen LogP contribution in [0.3, 0.4) is 0 Å². The Morgan fingerprint density at radius 3 is 2.28 bits per heavy atom. The fraction of sp³-hybridized carbons (Fsp3) is 0. The van der Waals surface area contributed by atoms with E-state index in [9.17, 15) is 0 Å². The molecule has 0 saturated carbocycles. The average Bonchev–Trinajstić information content (AvgIpc) is 2.64. The van der Waals surface area contributed by atoms with Gasteiger partial charge in [-0.15, -0.1) is 0 Å². The predicted octanol–water partition coefficient (Wildman–Crippen LogP) is 6.30. The molecule has 1 heterocycles. The van der Waals surface area contributed by atoms with Crippen LogP contribution in [0.25, 0.3) is 22.3 Å². The van der Waals surface area contributed by atoms with Crippen molar-refractivity contribution in [2.45, 2.75) is 0 Å². The minimum Gasteiger partial charge on any atom is -0.340 e. The number of nitrogens with one attached hydrogen (secondary N) is 1. The SMILES string of the molecule is Clc1ccc(-c2nc(Nc3ccc(I)cc3)c3ccccc3n2)cc1. The molecule has 0 aliphatic carbocycles. The first-order chi connectivity index (χ1) is 12.2. The zero-order valence-corrected chi connectivity index (χ0v) is 16.0. The van der Waals surface area contributed by atoms with E-state index in [1.54, 1.807) is 0 Å². The van der Waals surface area contributed by atoms with Gasteiger partial charge in [-0.2, -0.15) is 0 Å². The molecule has 0 atom stereocenters. The number of hydrogen-bond donors (Lipinski definition) is 1. The zero-order chi connectivity index (χ0) is 17.2. The molecule has 0 bridgehead atoms. The van der Waals surface area contributed by atoms with Crippen LogP contribution < -0.4 is 5.32 Å². The van der Waals surface area contributed by atoms with Gasteiger partial charge >= 0.3 is 0 Å². The largest absolute Gasteiger partial charge is 0.340 e. The Labute approximate surface area is 164 Å². The lowest BCUT2D eigenvalue weighted by Gasteiger charge is -2.11. The van der Waals surface area contributed by atoms with Crippen LogP contribution in [0.2, 0.25) is 5.02 Å². The maximum absolute atomic E-state index is 5.99. The van der Waals surface area contributed by atoms with Gasteiger partial charge in [-0.05, 0) is 83.3 Å². The number of anilines is 2. The molecule has 4 rings (SSSR count). The van der Waals surface area contributed by atoms with Crippen molar-refractivity contribution in [2.75, 3.05) is 5.32 Å². The lowest BCUT2D eigenvalue weighted by Crippen LogP contribution is -1.99. The molecular formula is C20H13ClIN3. The van der Waals surface area contributed by atoms with Crippen LogP contribution in [0.5, 0.6) is 0 Å². The van der Waals surface area contributed by atoms with Gasteiger partial charge < -0.3 is 5.32 Å². The summed E-state index contributed by atoms with van der Waals surface area (Å²) in [5, 5.41) is 5.10. The van der Waals surface area contributed by atoms with Gasteiger partial charge in [0.25, 0.3) is 0 Å². The van der Waals surface area contributed by atoms with Crippen LogP contribution in [0, 0.1) is 3.57 Å². The third-order valence-corrected chi connectivity index (χ3v) is 4.78. The second kappa shape index (κ2) is 6.98. The molecule has 0 spiro atoms. The van der Waals surface area contributed by atoms with Crippen LogP contribution in [0.15, 0.2) is 72.8 Å². The van der Waals surface area contributed by atoms with Crippen molar-refractivity contribution in [1.82, 2.24) is 9.97 Å². The lowest BCUT2D eigenvalue weighted by molar-refractivity contribution is 1.22. The van der Waals surface area contributed by atoms with E-state index in [-0.39, 0.29) is 0 Å². The van der Waals surface area contributed by atoms with Crippen LogP contribution in [0.4, 0.5) is 11.5 Å². The Balaban J connectivity index is 1.83. The summed E-state index contributed by atoms with van der Waals surface area (Å²) in [5.41, 5.74) is 2.82. The maximum Gasteiger partial charge on any atom is 0.162 e. The highest BCUT2D eigenvalue weighted by Crippen LogP contribution is 2.28. The van der Waals surface area contributed by atoms with Gasteiger partial charge in [0, 0.05) is 25.2 Å². The van der Waals surface area contributed by atoms with Crippen molar-refractivity contribution in [3.63, 3.8) is 0 Å². The second-order valence-corrected chi connectivity index (χ2v) is 7.23. The Kier molecular flexibility index (Phi) is 4.55. The number of fused-ring (bicyclic) bond motifs is 1. The molecule has 0 unspecified atom stereocenters. The van der Waals surface area contributed by atoms with Gasteiger partial charge in [-0.1, -0.05) is 23.7 Å². The monoisotopic (exact) mass is 457 g/mol. The Hall–Kier alpha value is -2.18. The van der Waals surface area contributed by atoms with Crippen LogP contribution in [-0.2, 0) is 0 Å². The number of benzene rings is 3. The molecule has 0 radical (unpaired) electrons. The van der Waals surface area contributed by atoms with Crippen LogP contribution >= 0.6 is 34.2 Å². The molecule has 5 heteroatoms. The molecule has 1 N–H and O–H groups in total. The quantitative estimate of drug-likeness (QED) is 0.367. The van der Waals surface area contributed by atoms with E-state index in [1.165, 1.54) is 3.57 Å². The molecule has 0 aliphatic rings. The number of hydrogen-bond acceptors (Lipinski definition) is 3. The lowest BCUT2D eigenvalue weighted by atomic mass is 10.2. The van der Waals surface area contributed by atoms with E-state index in [0.717, 1.165) is 28.0 Å². The minimum absolute atomic E-state index is 0.670. The normalized spacial score (nSPS) is 10.8. The van der Waals surface area contributed by atoms with Gasteiger partial charge in [0.15, 0.2) is 5.82 Å². The van der Waals surface area contributed by atoms with Crippen LogP contribution in [0.1, 0.15) is 0 Å². The Bertz CT molecular complexity index is 1030. The van der Waals surface area contributed by atoms with Crippen molar-refractivity contribution in [1.29, 1.82) is 0 Å². The third-order valence-electron chi connectivity index (χ3n) is 3.81. The van der Waals surface area contributed by atoms with E-state index < -0.39 is 0 Å². The predicted molar refractivity (Wildman–Crippen MR) is 112 cm³/mol. The first-order valence-corrected chi connectivity index (χ1v) is 9.20. The molecule has 0 fully saturated rings. The number of halogens is 2. The minimum atomic E-state index is 0.670. The van der Waals surface area contributed by atoms with Gasteiger partial charge in [-0.25, -0.2) is 9.97 Å². The smallest absolute Gasteiger partial charge is 0.162 e. The molecule has 1 aromatic heterocycles. The number of rotatable bonds is 3. The highest BCUT2D eigenvalue weighted by atomic mass is 127. The number of nitrogens with zero attached hydrogens (tertiary/aromatic N) is 2. The Morgan fingerprint density at radius 1 is 0.800 bits per heavy atom. The Morgan fingerprint density at radius 2 is 1.52 bits per heavy atom. The summed E-state index contributed by atoms with van der Waals surface area (Å²) in [5.74, 6) is 1.46. The molecular weight excluding hydrogens is 445 g/mol. The summed E-state index contributed by atoms with van der Waals surface area (Å²) in [6, 6.07) is 23.8. The fourth-order valence-corrected chi connectivity index (χ4v) is 3.06. The maximum atomic E-state index is 5.99. The first kappa shape index (κ1) is 16.3. The van der Waals surface area contributed by atoms with Crippen molar-refractivity contribution in [2.24, 2.45) is 0 Å². The molecule has 0 amide bonds. The molecule has 25 heavy (non-hydrogen) atoms. The second-order valence-electron chi connectivity index (χ2n) is 5.55. The van der Waals surface area contributed by atoms with Crippen molar-refractivity contribution >= 4 is 56.6 Å². The summed E-state index contributed by atoms with van der Waals surface area (Å²) < 4.78 is 1.19. The zero-order valence-electron chi connectivity index (χ0n) is 13.1. The van der Waals surface area contributed by atoms with Crippen LogP contribution in [-0.4, -0.2) is 9.97 Å². The number of para-hydroxylation sites is 1. The average molecular weight is 458 g/mol. The first-order valence-electron chi connectivity index (χ1n) is 7.74. The van der Waals surface area contributed by atoms with E-state index in [4.69, 9.17) is 21.6 Å². The summed E-state index contributed by atoms with van der Waals surface area (Å²) >= 11 is 8.28. The molecule has 3 aromatic carbocycles. The van der Waals surface area contributed by atoms with Crippen molar-refractivity contribution < 1.29 is 0 Å². The van der Waals surface area contributed by atoms with Gasteiger partial charge in [0.05, 0.1) is 5.52 Å². The fourth-order valence-electron chi connectivity index (χ4n) is 2.57. The van der Waals surface area contributed by atoms with Gasteiger partial charge in [-0.3, -0.25) is 0 Å². The van der Waals surface area contributed by atoms with Gasteiger partial charge in [0.2, 0.25) is 0 Å². The highest BCUT2D eigenvalue weighted by molar-refractivity contribution is 14.1. The molecule has 3 nitrogen and oxygen atoms in total. The van der Waals surface area contributed by atoms with Crippen molar-refractivity contribution in [3.05, 3.63) is 81.4 Å². The standard InChI is InChI=1S/C20H13ClIN3/c21-14-7-5-13(6-8-14)19-24-18-4-2-1-3-17(18)20(25-19)23-16-11-9-15(22)10-12-16/h1-12H,(H,23,24,25). The van der Waals surface area contributed by atoms with E-state index in [1.807, 2.05) is 60.7 Å². The highest BCUT2D eigenvalue weighted by Gasteiger charge is 2.09. The van der Waals surface area contributed by atoms with E-state index in [2.05, 4.69) is 40.0 Å². The third kappa shape index (κ3) is 3.60. The van der Waals surface area contributed by atoms with E-state index in [0.29, 0.717) is 10.8 Å². The molecule has 0 saturated heterocycles. The topological polar surface area (TPSA) is 37.8 Å². The summed E-state index contributed by atoms with van der Waals surface area (Å²) in [7, 11) is 0. The summed E-state index contributed by atoms with van der Waals surface area (Å²) in [6.45, 7) is 0. The summed E-state index contributed by atoms with van der Waals surface area (Å²) in [6.07, 6.45) is 0. The van der Waals surface area contributed by atoms with Crippen molar-refractivity contribution in [3.8, 4) is 11.4 Å². The molecule has 4 aromatic rings. The summed E-state index contributed by atoms with van der Waals surface area (Å²) in [4.78, 5) is 9.45.